The Balaban J connectivity index is 2.03. The van der Waals surface area contributed by atoms with Gasteiger partial charge in [0, 0.05) is 5.38 Å². The molecule has 2 aliphatic heterocycles. The van der Waals surface area contributed by atoms with Gasteiger partial charge in [-0.05, 0) is 30.4 Å². The van der Waals surface area contributed by atoms with E-state index in [0.717, 1.165) is 0 Å². The molecule has 0 radical (unpaired) electrons. The number of aliphatic hydroxyl groups is 1. The molecule has 6 nitrogen and oxygen atoms in total. The lowest BCUT2D eigenvalue weighted by Gasteiger charge is -2.22. The Morgan fingerprint density at radius 3 is 2.67 bits per heavy atom. The maximum atomic E-state index is 11.6. The predicted octanol–water partition coefficient (Wildman–Crippen LogP) is -0.676. The lowest BCUT2D eigenvalue weighted by Crippen LogP contribution is -2.47. The first kappa shape index (κ1) is 13.0. The first-order valence-electron chi connectivity index (χ1n) is 5.56. The highest BCUT2D eigenvalue weighted by Gasteiger charge is 2.71. The Morgan fingerprint density at radius 1 is 1.44 bits per heavy atom. The van der Waals surface area contributed by atoms with Gasteiger partial charge in [-0.25, -0.2) is 4.57 Å². The summed E-state index contributed by atoms with van der Waals surface area (Å²) in [5.74, 6) is 2.56. The van der Waals surface area contributed by atoms with E-state index in [1.54, 1.807) is 7.85 Å². The maximum absolute atomic E-state index is 11.6. The van der Waals surface area contributed by atoms with E-state index in [2.05, 4.69) is 11.3 Å². The van der Waals surface area contributed by atoms with Crippen LogP contribution in [0, 0.1) is 11.3 Å². The number of phosphoric ester groups is 1. The number of hydrogen-bond acceptors (Lipinski definition) is 5. The van der Waals surface area contributed by atoms with Gasteiger partial charge in [0.25, 0.3) is 0 Å². The lowest BCUT2D eigenvalue weighted by molar-refractivity contribution is -0.0629. The van der Waals surface area contributed by atoms with E-state index in [0.29, 0.717) is 12.8 Å². The molecule has 2 heterocycles. The van der Waals surface area contributed by atoms with Crippen LogP contribution in [0.5, 0.6) is 0 Å². The van der Waals surface area contributed by atoms with E-state index in [1.165, 1.54) is 0 Å². The van der Waals surface area contributed by atoms with Crippen LogP contribution < -0.4 is 0 Å². The minimum atomic E-state index is -4.18. The van der Waals surface area contributed by atoms with E-state index in [1.807, 2.05) is 0 Å². The fraction of sp³-hybridized carbons (Fsp3) is 0.778. The summed E-state index contributed by atoms with van der Waals surface area (Å²) < 4.78 is 27.3. The summed E-state index contributed by atoms with van der Waals surface area (Å²) in [5, 5.41) is 12.3. The quantitative estimate of drug-likeness (QED) is 0.378. The van der Waals surface area contributed by atoms with Crippen molar-refractivity contribution >= 4 is 27.3 Å². The monoisotopic (exact) mass is 292 g/mol. The standard InChI is InChI=1S/C9H11BClO6P/c10-7-9(3-4-11)6(16-18(13,14)17-9)5(15-7)8(12)1-2-8/h5-7,12H,1-2,10H2,(H,13,14)/t5-,6?,7+,9+/m0/s1. The zero-order chi connectivity index (χ0) is 13.2. The molecule has 2 N–H and O–H groups in total. The van der Waals surface area contributed by atoms with Crippen molar-refractivity contribution in [3.63, 3.8) is 0 Å². The van der Waals surface area contributed by atoms with Gasteiger partial charge >= 0.3 is 7.82 Å². The molecule has 0 amide bonds. The minimum Gasteiger partial charge on any atom is -0.387 e. The van der Waals surface area contributed by atoms with Gasteiger partial charge in [-0.15, -0.1) is 0 Å². The van der Waals surface area contributed by atoms with Crippen LogP contribution in [0.15, 0.2) is 0 Å². The van der Waals surface area contributed by atoms with Crippen molar-refractivity contribution in [2.75, 3.05) is 0 Å². The van der Waals surface area contributed by atoms with Crippen molar-refractivity contribution in [2.45, 2.75) is 42.3 Å². The van der Waals surface area contributed by atoms with Crippen molar-refractivity contribution < 1.29 is 28.3 Å². The SMILES string of the molecule is B[C@@H]1O[C@H](C2(O)CC2)C2OP(=O)(O)O[C@]21C#CCl. The van der Waals surface area contributed by atoms with Crippen molar-refractivity contribution in [1.29, 1.82) is 0 Å². The van der Waals surface area contributed by atoms with Gasteiger partial charge in [-0.1, -0.05) is 0 Å². The van der Waals surface area contributed by atoms with Crippen LogP contribution in [-0.4, -0.2) is 47.3 Å². The van der Waals surface area contributed by atoms with Crippen LogP contribution in [0.3, 0.4) is 0 Å². The predicted molar refractivity (Wildman–Crippen MR) is 63.5 cm³/mol. The number of phosphoric acid groups is 1. The third-order valence-corrected chi connectivity index (χ3v) is 4.82. The Bertz CT molecular complexity index is 499. The smallest absolute Gasteiger partial charge is 0.387 e. The van der Waals surface area contributed by atoms with Crippen LogP contribution in [0.25, 0.3) is 0 Å². The van der Waals surface area contributed by atoms with Gasteiger partial charge in [0.2, 0.25) is 0 Å². The van der Waals surface area contributed by atoms with E-state index in [-0.39, 0.29) is 0 Å². The Hall–Kier alpha value is -0.0551. The molecule has 0 spiro atoms. The van der Waals surface area contributed by atoms with E-state index in [4.69, 9.17) is 25.4 Å². The molecule has 0 aromatic rings. The largest absolute Gasteiger partial charge is 0.474 e. The number of fused-ring (bicyclic) bond motifs is 1. The summed E-state index contributed by atoms with van der Waals surface area (Å²) in [6.07, 6.45) is -0.524. The van der Waals surface area contributed by atoms with E-state index >= 15 is 0 Å². The summed E-state index contributed by atoms with van der Waals surface area (Å²) in [6.45, 7) is 0. The molecule has 3 fully saturated rings. The molecule has 5 atom stereocenters. The summed E-state index contributed by atoms with van der Waals surface area (Å²) >= 11 is 5.39. The molecule has 18 heavy (non-hydrogen) atoms. The zero-order valence-corrected chi connectivity index (χ0v) is 11.1. The molecule has 3 rings (SSSR count). The van der Waals surface area contributed by atoms with E-state index in [9.17, 15) is 14.6 Å². The van der Waals surface area contributed by atoms with Gasteiger partial charge in [0.15, 0.2) is 5.60 Å². The topological polar surface area (TPSA) is 85.2 Å². The van der Waals surface area contributed by atoms with E-state index < -0.39 is 37.2 Å². The molecule has 2 saturated heterocycles. The number of hydrogen-bond donors (Lipinski definition) is 2. The summed E-state index contributed by atoms with van der Waals surface area (Å²) in [7, 11) is -2.54. The molecule has 2 unspecified atom stereocenters. The van der Waals surface area contributed by atoms with Gasteiger partial charge < -0.3 is 14.7 Å². The van der Waals surface area contributed by atoms with Gasteiger partial charge in [0.05, 0.1) is 11.6 Å². The third kappa shape index (κ3) is 1.69. The number of ether oxygens (including phenoxy) is 1. The van der Waals surface area contributed by atoms with Crippen molar-refractivity contribution in [3.8, 4) is 11.3 Å². The Kier molecular flexibility index (Phi) is 2.69. The van der Waals surface area contributed by atoms with Crippen molar-refractivity contribution in [2.24, 2.45) is 0 Å². The molecular formula is C9H11BClO6P. The average Bonchev–Trinajstić information content (AvgIpc) is 2.87. The molecule has 9 heteroatoms. The second-order valence-electron chi connectivity index (χ2n) is 4.90. The lowest BCUT2D eigenvalue weighted by atomic mass is 9.80. The van der Waals surface area contributed by atoms with Crippen LogP contribution in [0.2, 0.25) is 0 Å². The normalized spacial score (nSPS) is 52.5. The van der Waals surface area contributed by atoms with Crippen LogP contribution in [0.4, 0.5) is 0 Å². The highest BCUT2D eigenvalue weighted by Crippen LogP contribution is 2.63. The van der Waals surface area contributed by atoms with Crippen molar-refractivity contribution in [1.82, 2.24) is 0 Å². The maximum Gasteiger partial charge on any atom is 0.474 e. The first-order valence-corrected chi connectivity index (χ1v) is 7.43. The molecule has 3 aliphatic rings. The van der Waals surface area contributed by atoms with Crippen molar-refractivity contribution in [3.05, 3.63) is 0 Å². The molecular weight excluding hydrogens is 281 g/mol. The Labute approximate surface area is 110 Å². The summed E-state index contributed by atoms with van der Waals surface area (Å²) in [5.41, 5.74) is -2.42. The van der Waals surface area contributed by atoms with Crippen LogP contribution in [-0.2, 0) is 18.3 Å². The Morgan fingerprint density at radius 2 is 2.11 bits per heavy atom. The fourth-order valence-electron chi connectivity index (χ4n) is 2.55. The highest BCUT2D eigenvalue weighted by atomic mass is 35.5. The molecule has 0 bridgehead atoms. The zero-order valence-electron chi connectivity index (χ0n) is 9.50. The van der Waals surface area contributed by atoms with Gasteiger partial charge in [-0.2, -0.15) is 0 Å². The molecule has 98 valence electrons. The first-order chi connectivity index (χ1) is 8.33. The average molecular weight is 292 g/mol. The summed E-state index contributed by atoms with van der Waals surface area (Å²) in [6, 6.07) is -0.619. The molecule has 1 saturated carbocycles. The summed E-state index contributed by atoms with van der Waals surface area (Å²) in [4.78, 5) is 9.48. The minimum absolute atomic E-state index is 0.560. The van der Waals surface area contributed by atoms with Gasteiger partial charge in [0.1, 0.15) is 20.1 Å². The fourth-order valence-corrected chi connectivity index (χ4v) is 3.98. The number of rotatable bonds is 1. The molecule has 0 aromatic heterocycles. The third-order valence-electron chi connectivity index (χ3n) is 3.70. The molecule has 1 aliphatic carbocycles. The molecule has 0 aromatic carbocycles. The van der Waals surface area contributed by atoms with Crippen LogP contribution in [0.1, 0.15) is 12.8 Å². The van der Waals surface area contributed by atoms with Gasteiger partial charge in [-0.3, -0.25) is 9.05 Å². The second kappa shape index (κ2) is 3.74. The van der Waals surface area contributed by atoms with Crippen LogP contribution >= 0.6 is 19.4 Å². The second-order valence-corrected chi connectivity index (χ2v) is 6.42. The number of halogens is 1. The highest BCUT2D eigenvalue weighted by molar-refractivity contribution is 7.47.